The number of benzene rings is 2. The number of unbranched alkanes of at least 4 members (excludes halogenated alkanes) is 5. The van der Waals surface area contributed by atoms with E-state index in [0.29, 0.717) is 93.4 Å². The second-order valence-corrected chi connectivity index (χ2v) is 12.9. The van der Waals surface area contributed by atoms with E-state index in [2.05, 4.69) is 35.5 Å². The molecular weight excluding hydrogens is 709 g/mol. The van der Waals surface area contributed by atoms with Gasteiger partial charge in [-0.05, 0) is 81.5 Å². The fourth-order valence-corrected chi connectivity index (χ4v) is 5.56. The first-order valence-corrected chi connectivity index (χ1v) is 18.9. The number of rotatable bonds is 27. The standard InChI is InChI=1S/C40H54FN7O7/c1-30(45-40(50)31-12-11-13-32(26-31)43-28-37-46-47-39(48(37)2)36-17-18-42-29-44-36)34-27-33(15-16-35(34)41)55-21-10-5-4-8-19-52-22-24-54-25-23-53-20-9-6-7-14-38(49)51-3/h11-13,15-18,26-27,29-30,43H,4-10,14,19-25,28H2,1-3H3,(H,45,50)/t30-/m0/s1. The summed E-state index contributed by atoms with van der Waals surface area (Å²) in [6.45, 7) is 6.11. The Kier molecular flexibility index (Phi) is 19.0. The lowest BCUT2D eigenvalue weighted by Gasteiger charge is -2.17. The van der Waals surface area contributed by atoms with Crippen molar-refractivity contribution in [1.29, 1.82) is 0 Å². The summed E-state index contributed by atoms with van der Waals surface area (Å²) < 4.78 is 44.0. The number of amides is 1. The van der Waals surface area contributed by atoms with Gasteiger partial charge < -0.3 is 38.9 Å². The number of halogens is 1. The summed E-state index contributed by atoms with van der Waals surface area (Å²) >= 11 is 0. The van der Waals surface area contributed by atoms with Crippen LogP contribution in [0, 0.1) is 5.82 Å². The Balaban J connectivity index is 1.06. The van der Waals surface area contributed by atoms with E-state index in [1.807, 2.05) is 17.7 Å². The number of nitrogens with one attached hydrogen (secondary N) is 2. The van der Waals surface area contributed by atoms with Gasteiger partial charge in [0, 0.05) is 49.7 Å². The van der Waals surface area contributed by atoms with Crippen molar-refractivity contribution in [3.63, 3.8) is 0 Å². The molecule has 298 valence electrons. The normalized spacial score (nSPS) is 11.6. The molecule has 0 unspecified atom stereocenters. The van der Waals surface area contributed by atoms with Crippen LogP contribution in [-0.4, -0.2) is 90.0 Å². The molecule has 0 saturated heterocycles. The van der Waals surface area contributed by atoms with Gasteiger partial charge in [0.15, 0.2) is 11.6 Å². The van der Waals surface area contributed by atoms with Gasteiger partial charge in [-0.25, -0.2) is 14.4 Å². The zero-order valence-electron chi connectivity index (χ0n) is 32.1. The lowest BCUT2D eigenvalue weighted by atomic mass is 10.1. The molecule has 2 aromatic heterocycles. The molecule has 2 heterocycles. The maximum Gasteiger partial charge on any atom is 0.305 e. The molecule has 0 bridgehead atoms. The van der Waals surface area contributed by atoms with Gasteiger partial charge in [-0.3, -0.25) is 9.59 Å². The SMILES string of the molecule is COC(=O)CCCCCOCCOCCOCCCCCCOc1ccc(F)c([C@H](C)NC(=O)c2cccc(NCc3nnc(-c4ccncn4)n3C)c2)c1. The Morgan fingerprint density at radius 3 is 2.25 bits per heavy atom. The number of aromatic nitrogens is 5. The van der Waals surface area contributed by atoms with E-state index in [-0.39, 0.29) is 11.9 Å². The smallest absolute Gasteiger partial charge is 0.305 e. The fourth-order valence-electron chi connectivity index (χ4n) is 5.56. The highest BCUT2D eigenvalue weighted by atomic mass is 19.1. The Morgan fingerprint density at radius 1 is 0.836 bits per heavy atom. The molecule has 1 amide bonds. The van der Waals surface area contributed by atoms with E-state index in [0.717, 1.165) is 50.6 Å². The maximum absolute atomic E-state index is 14.9. The molecule has 4 aromatic rings. The molecule has 0 radical (unpaired) electrons. The number of hydrogen-bond donors (Lipinski definition) is 2. The first-order valence-electron chi connectivity index (χ1n) is 18.9. The number of carbonyl (C=O) groups excluding carboxylic acids is 2. The van der Waals surface area contributed by atoms with Crippen molar-refractivity contribution in [3.8, 4) is 17.3 Å². The van der Waals surface area contributed by atoms with E-state index in [1.165, 1.54) is 19.5 Å². The molecule has 2 N–H and O–H groups in total. The van der Waals surface area contributed by atoms with Crippen molar-refractivity contribution >= 4 is 17.6 Å². The van der Waals surface area contributed by atoms with Crippen LogP contribution in [0.25, 0.3) is 11.5 Å². The van der Waals surface area contributed by atoms with E-state index in [1.54, 1.807) is 49.5 Å². The zero-order valence-corrected chi connectivity index (χ0v) is 32.1. The van der Waals surface area contributed by atoms with Crippen molar-refractivity contribution in [2.24, 2.45) is 7.05 Å². The Labute approximate surface area is 322 Å². The van der Waals surface area contributed by atoms with Crippen molar-refractivity contribution in [2.45, 2.75) is 70.9 Å². The molecule has 0 aliphatic heterocycles. The molecule has 0 spiro atoms. The molecule has 15 heteroatoms. The van der Waals surface area contributed by atoms with E-state index in [4.69, 9.17) is 18.9 Å². The summed E-state index contributed by atoms with van der Waals surface area (Å²) in [5.74, 6) is 0.953. The predicted octanol–water partition coefficient (Wildman–Crippen LogP) is 6.24. The molecule has 14 nitrogen and oxygen atoms in total. The van der Waals surface area contributed by atoms with E-state index >= 15 is 0 Å². The number of esters is 1. The van der Waals surface area contributed by atoms with E-state index in [9.17, 15) is 14.0 Å². The molecule has 1 atom stereocenters. The zero-order chi connectivity index (χ0) is 39.1. The van der Waals surface area contributed by atoms with Gasteiger partial charge in [-0.2, -0.15) is 0 Å². The highest BCUT2D eigenvalue weighted by molar-refractivity contribution is 5.95. The van der Waals surface area contributed by atoms with Gasteiger partial charge in [0.2, 0.25) is 0 Å². The first kappa shape index (κ1) is 42.7. The van der Waals surface area contributed by atoms with Gasteiger partial charge in [-0.15, -0.1) is 10.2 Å². The van der Waals surface area contributed by atoms with Crippen LogP contribution in [0.1, 0.15) is 86.1 Å². The molecule has 4 rings (SSSR count). The molecule has 0 fully saturated rings. The van der Waals surface area contributed by atoms with Crippen molar-refractivity contribution in [3.05, 3.63) is 83.8 Å². The monoisotopic (exact) mass is 763 g/mol. The molecule has 0 aliphatic rings. The predicted molar refractivity (Wildman–Crippen MR) is 205 cm³/mol. The van der Waals surface area contributed by atoms with Crippen molar-refractivity contribution < 1.29 is 37.7 Å². The summed E-state index contributed by atoms with van der Waals surface area (Å²) in [5.41, 5.74) is 2.17. The third-order valence-electron chi connectivity index (χ3n) is 8.73. The van der Waals surface area contributed by atoms with Crippen LogP contribution in [0.15, 0.2) is 61.1 Å². The topological polar surface area (TPSA) is 161 Å². The van der Waals surface area contributed by atoms with Crippen LogP contribution < -0.4 is 15.4 Å². The quantitative estimate of drug-likeness (QED) is 0.0521. The van der Waals surface area contributed by atoms with Crippen LogP contribution in [-0.2, 0) is 37.3 Å². The third kappa shape index (κ3) is 15.3. The lowest BCUT2D eigenvalue weighted by Crippen LogP contribution is -2.27. The van der Waals surface area contributed by atoms with Crippen LogP contribution in [0.4, 0.5) is 10.1 Å². The van der Waals surface area contributed by atoms with Gasteiger partial charge >= 0.3 is 5.97 Å². The van der Waals surface area contributed by atoms with Crippen molar-refractivity contribution in [2.75, 3.05) is 58.7 Å². The van der Waals surface area contributed by atoms with Crippen LogP contribution in [0.5, 0.6) is 5.75 Å². The summed E-state index contributed by atoms with van der Waals surface area (Å²) in [7, 11) is 3.27. The Hall–Kier alpha value is -4.99. The highest BCUT2D eigenvalue weighted by Crippen LogP contribution is 2.24. The van der Waals surface area contributed by atoms with Crippen LogP contribution in [0.3, 0.4) is 0 Å². The minimum Gasteiger partial charge on any atom is -0.494 e. The second kappa shape index (κ2) is 24.4. The minimum absolute atomic E-state index is 0.169. The average molecular weight is 764 g/mol. The van der Waals surface area contributed by atoms with Crippen molar-refractivity contribution in [1.82, 2.24) is 30.0 Å². The average Bonchev–Trinajstić information content (AvgIpc) is 3.58. The summed E-state index contributed by atoms with van der Waals surface area (Å²) in [6.07, 6.45) is 10.0. The van der Waals surface area contributed by atoms with Gasteiger partial charge in [-0.1, -0.05) is 18.9 Å². The number of methoxy groups -OCH3 is 1. The Morgan fingerprint density at radius 2 is 1.55 bits per heavy atom. The number of anilines is 1. The molecule has 55 heavy (non-hydrogen) atoms. The van der Waals surface area contributed by atoms with Crippen LogP contribution >= 0.6 is 0 Å². The van der Waals surface area contributed by atoms with Gasteiger partial charge in [0.25, 0.3) is 5.91 Å². The number of hydrogen-bond acceptors (Lipinski definition) is 12. The largest absolute Gasteiger partial charge is 0.494 e. The summed E-state index contributed by atoms with van der Waals surface area (Å²) in [4.78, 5) is 32.4. The maximum atomic E-state index is 14.9. The summed E-state index contributed by atoms with van der Waals surface area (Å²) in [6, 6.07) is 12.9. The lowest BCUT2D eigenvalue weighted by molar-refractivity contribution is -0.140. The van der Waals surface area contributed by atoms with Gasteiger partial charge in [0.1, 0.15) is 23.6 Å². The van der Waals surface area contributed by atoms with Crippen LogP contribution in [0.2, 0.25) is 0 Å². The number of ether oxygens (including phenoxy) is 5. The minimum atomic E-state index is -0.591. The number of carbonyl (C=O) groups is 2. The fraction of sp³-hybridized carbons (Fsp3) is 0.500. The first-order chi connectivity index (χ1) is 26.9. The van der Waals surface area contributed by atoms with E-state index < -0.39 is 11.9 Å². The highest BCUT2D eigenvalue weighted by Gasteiger charge is 2.17. The van der Waals surface area contributed by atoms with Gasteiger partial charge in [0.05, 0.1) is 52.7 Å². The number of nitrogens with zero attached hydrogens (tertiary/aromatic N) is 5. The second-order valence-electron chi connectivity index (χ2n) is 12.9. The third-order valence-corrected chi connectivity index (χ3v) is 8.73. The Bertz CT molecular complexity index is 1730. The molecule has 2 aromatic carbocycles. The summed E-state index contributed by atoms with van der Waals surface area (Å²) in [5, 5.41) is 14.7. The molecule has 0 aliphatic carbocycles. The molecular formula is C40H54FN7O7. The molecule has 0 saturated carbocycles.